The van der Waals surface area contributed by atoms with Gasteiger partial charge in [-0.25, -0.2) is 4.79 Å². The van der Waals surface area contributed by atoms with Gasteiger partial charge in [-0.05, 0) is 65.8 Å². The number of H-pyrrole nitrogens is 1. The zero-order chi connectivity index (χ0) is 27.2. The number of hydrogen-bond donors (Lipinski definition) is 1. The third kappa shape index (κ3) is 8.70. The first-order valence-corrected chi connectivity index (χ1v) is 14.0. The SMILES string of the molecule is CC(C)CC(=O)N1CCC(c2n[nH]c([C@H]3CCCCO3)c2CN(C)CCN(C)C(=O)OC(C)(C)C)CC1. The highest BCUT2D eigenvalue weighted by Crippen LogP contribution is 2.36. The van der Waals surface area contributed by atoms with Crippen molar-refractivity contribution in [1.29, 1.82) is 0 Å². The van der Waals surface area contributed by atoms with Crippen LogP contribution in [0.2, 0.25) is 0 Å². The lowest BCUT2D eigenvalue weighted by atomic mass is 9.89. The number of piperidine rings is 1. The van der Waals surface area contributed by atoms with Crippen LogP contribution in [-0.4, -0.2) is 89.4 Å². The Labute approximate surface area is 223 Å². The molecule has 0 aliphatic carbocycles. The fourth-order valence-corrected chi connectivity index (χ4v) is 5.11. The molecule has 3 heterocycles. The smallest absolute Gasteiger partial charge is 0.410 e. The number of likely N-dealkylation sites (tertiary alicyclic amines) is 1. The Morgan fingerprint density at radius 3 is 2.43 bits per heavy atom. The molecule has 0 saturated carbocycles. The van der Waals surface area contributed by atoms with Gasteiger partial charge in [0.25, 0.3) is 0 Å². The van der Waals surface area contributed by atoms with Crippen LogP contribution < -0.4 is 0 Å². The van der Waals surface area contributed by atoms with Crippen LogP contribution >= 0.6 is 0 Å². The predicted octanol–water partition coefficient (Wildman–Crippen LogP) is 4.70. The largest absolute Gasteiger partial charge is 0.444 e. The summed E-state index contributed by atoms with van der Waals surface area (Å²) in [6.45, 7) is 14.2. The van der Waals surface area contributed by atoms with Gasteiger partial charge in [0.05, 0.1) is 17.5 Å². The number of nitrogens with zero attached hydrogens (tertiary/aromatic N) is 4. The van der Waals surface area contributed by atoms with E-state index in [2.05, 4.69) is 30.9 Å². The zero-order valence-electron chi connectivity index (χ0n) is 24.1. The van der Waals surface area contributed by atoms with E-state index in [1.165, 1.54) is 5.56 Å². The minimum absolute atomic E-state index is 0.0514. The summed E-state index contributed by atoms with van der Waals surface area (Å²) in [4.78, 5) is 30.8. The van der Waals surface area contributed by atoms with Crippen LogP contribution in [0.5, 0.6) is 0 Å². The average Bonchev–Trinajstić information content (AvgIpc) is 3.25. The minimum atomic E-state index is -0.507. The second-order valence-corrected chi connectivity index (χ2v) is 12.2. The molecule has 2 amide bonds. The van der Waals surface area contributed by atoms with Crippen molar-refractivity contribution < 1.29 is 19.1 Å². The molecule has 0 bridgehead atoms. The molecular formula is C28H49N5O4. The Bertz CT molecular complexity index is 880. The molecule has 2 aliphatic heterocycles. The van der Waals surface area contributed by atoms with Gasteiger partial charge in [-0.1, -0.05) is 13.8 Å². The summed E-state index contributed by atoms with van der Waals surface area (Å²) in [5.41, 5.74) is 2.93. The van der Waals surface area contributed by atoms with Crippen LogP contribution in [0.1, 0.15) is 102 Å². The van der Waals surface area contributed by atoms with E-state index >= 15 is 0 Å². The van der Waals surface area contributed by atoms with Crippen LogP contribution in [0, 0.1) is 5.92 Å². The van der Waals surface area contributed by atoms with Gasteiger partial charge in [0, 0.05) is 64.3 Å². The lowest BCUT2D eigenvalue weighted by Crippen LogP contribution is -2.39. The summed E-state index contributed by atoms with van der Waals surface area (Å²) >= 11 is 0. The maximum Gasteiger partial charge on any atom is 0.410 e. The Morgan fingerprint density at radius 1 is 1.14 bits per heavy atom. The van der Waals surface area contributed by atoms with Gasteiger partial charge in [-0.3, -0.25) is 9.89 Å². The van der Waals surface area contributed by atoms with Gasteiger partial charge < -0.3 is 24.2 Å². The highest BCUT2D eigenvalue weighted by atomic mass is 16.6. The predicted molar refractivity (Wildman–Crippen MR) is 144 cm³/mol. The van der Waals surface area contributed by atoms with Crippen LogP contribution in [-0.2, 0) is 20.8 Å². The van der Waals surface area contributed by atoms with Crippen molar-refractivity contribution in [2.45, 2.75) is 97.3 Å². The molecule has 2 saturated heterocycles. The summed E-state index contributed by atoms with van der Waals surface area (Å²) in [5, 5.41) is 8.18. The topological polar surface area (TPSA) is 91.0 Å². The van der Waals surface area contributed by atoms with E-state index in [9.17, 15) is 9.59 Å². The highest BCUT2D eigenvalue weighted by molar-refractivity contribution is 5.76. The Morgan fingerprint density at radius 2 is 1.84 bits per heavy atom. The number of carbonyl (C=O) groups is 2. The van der Waals surface area contributed by atoms with Gasteiger partial charge in [-0.2, -0.15) is 5.10 Å². The third-order valence-corrected chi connectivity index (χ3v) is 7.20. The van der Waals surface area contributed by atoms with E-state index in [0.717, 1.165) is 69.7 Å². The lowest BCUT2D eigenvalue weighted by Gasteiger charge is -2.33. The molecule has 0 radical (unpaired) electrons. The zero-order valence-corrected chi connectivity index (χ0v) is 24.1. The summed E-state index contributed by atoms with van der Waals surface area (Å²) in [6.07, 6.45) is 5.48. The molecule has 210 valence electrons. The third-order valence-electron chi connectivity index (χ3n) is 7.20. The summed E-state index contributed by atoms with van der Waals surface area (Å²) in [7, 11) is 3.86. The number of carbonyl (C=O) groups excluding carboxylic acids is 2. The van der Waals surface area contributed by atoms with Crippen molar-refractivity contribution in [1.82, 2.24) is 24.9 Å². The van der Waals surface area contributed by atoms with E-state index in [-0.39, 0.29) is 18.1 Å². The molecule has 0 unspecified atom stereocenters. The minimum Gasteiger partial charge on any atom is -0.444 e. The standard InChI is InChI=1S/C28H49N5O4/c1-20(2)18-24(34)33-13-11-21(12-14-33)25-22(26(30-29-25)23-10-8-9-17-36-23)19-31(6)15-16-32(7)27(35)37-28(3,4)5/h20-21,23H,8-19H2,1-7H3,(H,29,30)/t23-/m1/s1. The molecule has 3 rings (SSSR count). The van der Waals surface area contributed by atoms with Crippen LogP contribution in [0.25, 0.3) is 0 Å². The molecule has 2 fully saturated rings. The van der Waals surface area contributed by atoms with Gasteiger partial charge in [0.15, 0.2) is 0 Å². The second kappa shape index (κ2) is 13.1. The number of aromatic amines is 1. The van der Waals surface area contributed by atoms with Gasteiger partial charge in [0.1, 0.15) is 5.60 Å². The van der Waals surface area contributed by atoms with Crippen molar-refractivity contribution in [3.05, 3.63) is 17.0 Å². The van der Waals surface area contributed by atoms with Crippen molar-refractivity contribution in [2.24, 2.45) is 5.92 Å². The number of rotatable bonds is 9. The Hall–Kier alpha value is -2.13. The van der Waals surface area contributed by atoms with Gasteiger partial charge in [0.2, 0.25) is 5.91 Å². The van der Waals surface area contributed by atoms with Crippen molar-refractivity contribution >= 4 is 12.0 Å². The molecule has 1 atom stereocenters. The number of likely N-dealkylation sites (N-methyl/N-ethyl adjacent to an activating group) is 2. The first-order valence-electron chi connectivity index (χ1n) is 14.0. The Balaban J connectivity index is 1.67. The van der Waals surface area contributed by atoms with E-state index in [4.69, 9.17) is 14.6 Å². The molecule has 1 N–H and O–H groups in total. The van der Waals surface area contributed by atoms with Crippen LogP contribution in [0.3, 0.4) is 0 Å². The monoisotopic (exact) mass is 519 g/mol. The number of ether oxygens (including phenoxy) is 2. The maximum absolute atomic E-state index is 12.6. The molecule has 9 nitrogen and oxygen atoms in total. The fraction of sp³-hybridized carbons (Fsp3) is 0.821. The molecule has 0 aromatic carbocycles. The Kier molecular flexibility index (Phi) is 10.4. The average molecular weight is 520 g/mol. The fourth-order valence-electron chi connectivity index (χ4n) is 5.11. The quantitative estimate of drug-likeness (QED) is 0.508. The maximum atomic E-state index is 12.6. The van der Waals surface area contributed by atoms with Crippen molar-refractivity contribution in [2.75, 3.05) is 46.9 Å². The number of hydrogen-bond acceptors (Lipinski definition) is 6. The molecule has 1 aromatic rings. The first kappa shape index (κ1) is 29.4. The summed E-state index contributed by atoms with van der Waals surface area (Å²) < 4.78 is 11.6. The van der Waals surface area contributed by atoms with E-state index in [1.807, 2.05) is 25.7 Å². The molecule has 37 heavy (non-hydrogen) atoms. The van der Waals surface area contributed by atoms with E-state index < -0.39 is 5.60 Å². The van der Waals surface area contributed by atoms with E-state index in [1.54, 1.807) is 11.9 Å². The van der Waals surface area contributed by atoms with Crippen molar-refractivity contribution in [3.8, 4) is 0 Å². The van der Waals surface area contributed by atoms with Gasteiger partial charge >= 0.3 is 6.09 Å². The normalized spacial score (nSPS) is 19.5. The number of aromatic nitrogens is 2. The molecular weight excluding hydrogens is 470 g/mol. The first-order chi connectivity index (χ1) is 17.4. The number of amides is 2. The summed E-state index contributed by atoms with van der Waals surface area (Å²) in [5.74, 6) is 0.969. The lowest BCUT2D eigenvalue weighted by molar-refractivity contribution is -0.133. The molecule has 0 spiro atoms. The van der Waals surface area contributed by atoms with Crippen LogP contribution in [0.15, 0.2) is 0 Å². The van der Waals surface area contributed by atoms with Gasteiger partial charge in [-0.15, -0.1) is 0 Å². The molecule has 9 heteroatoms. The van der Waals surface area contributed by atoms with E-state index in [0.29, 0.717) is 31.3 Å². The van der Waals surface area contributed by atoms with Crippen LogP contribution in [0.4, 0.5) is 4.79 Å². The van der Waals surface area contributed by atoms with Crippen molar-refractivity contribution in [3.63, 3.8) is 0 Å². The summed E-state index contributed by atoms with van der Waals surface area (Å²) in [6, 6.07) is 0. The number of nitrogens with one attached hydrogen (secondary N) is 1. The molecule has 2 aliphatic rings. The highest BCUT2D eigenvalue weighted by Gasteiger charge is 2.31. The second-order valence-electron chi connectivity index (χ2n) is 12.2. The molecule has 1 aromatic heterocycles.